The van der Waals surface area contributed by atoms with Gasteiger partial charge in [0.15, 0.2) is 0 Å². The number of hydrogen-bond acceptors (Lipinski definition) is 3. The second kappa shape index (κ2) is 9.95. The molecular formula is C25H27F3N2O3. The van der Waals surface area contributed by atoms with Gasteiger partial charge in [0.05, 0.1) is 18.3 Å². The number of ether oxygens (including phenoxy) is 1. The molecule has 0 bridgehead atoms. The predicted molar refractivity (Wildman–Crippen MR) is 117 cm³/mol. The molecule has 1 saturated heterocycles. The van der Waals surface area contributed by atoms with Gasteiger partial charge in [0.25, 0.3) is 11.8 Å². The highest BCUT2D eigenvalue weighted by molar-refractivity contribution is 5.95. The lowest BCUT2D eigenvalue weighted by Gasteiger charge is -2.38. The molecule has 8 heteroatoms. The second-order valence-corrected chi connectivity index (χ2v) is 8.58. The highest BCUT2D eigenvalue weighted by Gasteiger charge is 2.34. The smallest absolute Gasteiger partial charge is 0.373 e. The van der Waals surface area contributed by atoms with Crippen LogP contribution >= 0.6 is 0 Å². The summed E-state index contributed by atoms with van der Waals surface area (Å²) in [6.07, 6.45) is -0.759. The largest absolute Gasteiger partial charge is 0.416 e. The van der Waals surface area contributed by atoms with Gasteiger partial charge in [-0.15, -0.1) is 0 Å². The maximum Gasteiger partial charge on any atom is 0.416 e. The molecule has 2 fully saturated rings. The van der Waals surface area contributed by atoms with Crippen molar-refractivity contribution in [2.75, 3.05) is 26.2 Å². The van der Waals surface area contributed by atoms with Crippen molar-refractivity contribution in [1.82, 2.24) is 9.80 Å². The third kappa shape index (κ3) is 5.55. The summed E-state index contributed by atoms with van der Waals surface area (Å²) in [5.41, 5.74) is 0.0418. The molecule has 176 valence electrons. The van der Waals surface area contributed by atoms with Crippen LogP contribution in [-0.2, 0) is 10.9 Å². The first kappa shape index (κ1) is 23.3. The van der Waals surface area contributed by atoms with Gasteiger partial charge in [0.2, 0.25) is 0 Å². The molecule has 2 aromatic carbocycles. The van der Waals surface area contributed by atoms with E-state index in [1.807, 2.05) is 23.1 Å². The van der Waals surface area contributed by atoms with Gasteiger partial charge in [-0.3, -0.25) is 9.59 Å². The van der Waals surface area contributed by atoms with Crippen molar-refractivity contribution in [2.45, 2.75) is 44.0 Å². The summed E-state index contributed by atoms with van der Waals surface area (Å²) < 4.78 is 44.4. The third-order valence-electron chi connectivity index (χ3n) is 6.33. The minimum Gasteiger partial charge on any atom is -0.373 e. The molecule has 1 aliphatic heterocycles. The van der Waals surface area contributed by atoms with Gasteiger partial charge in [-0.05, 0) is 49.2 Å². The molecule has 1 unspecified atom stereocenters. The predicted octanol–water partition coefficient (Wildman–Crippen LogP) is 4.63. The molecule has 1 saturated carbocycles. The molecule has 1 heterocycles. The Bertz CT molecular complexity index is 957. The van der Waals surface area contributed by atoms with Crippen molar-refractivity contribution in [3.63, 3.8) is 0 Å². The Morgan fingerprint density at radius 1 is 0.970 bits per heavy atom. The fourth-order valence-electron chi connectivity index (χ4n) is 4.58. The molecule has 4 rings (SSSR count). The van der Waals surface area contributed by atoms with Gasteiger partial charge in [-0.2, -0.15) is 13.2 Å². The number of carbonyl (C=O) groups is 2. The summed E-state index contributed by atoms with van der Waals surface area (Å²) >= 11 is 0. The first-order valence-corrected chi connectivity index (χ1v) is 11.3. The summed E-state index contributed by atoms with van der Waals surface area (Å²) in [4.78, 5) is 29.6. The van der Waals surface area contributed by atoms with E-state index in [9.17, 15) is 22.8 Å². The number of alkyl halides is 3. The second-order valence-electron chi connectivity index (χ2n) is 8.58. The number of morpholine rings is 1. The minimum atomic E-state index is -4.44. The van der Waals surface area contributed by atoms with Gasteiger partial charge in [-0.25, -0.2) is 0 Å². The number of hydrogen-bond donors (Lipinski definition) is 0. The van der Waals surface area contributed by atoms with Crippen molar-refractivity contribution in [3.8, 4) is 0 Å². The van der Waals surface area contributed by atoms with Crippen LogP contribution in [0.3, 0.4) is 0 Å². The Labute approximate surface area is 191 Å². The number of halogens is 3. The lowest BCUT2D eigenvalue weighted by Crippen LogP contribution is -2.52. The van der Waals surface area contributed by atoms with Crippen LogP contribution in [0.2, 0.25) is 0 Å². The third-order valence-corrected chi connectivity index (χ3v) is 6.33. The lowest BCUT2D eigenvalue weighted by molar-refractivity contribution is -0.137. The molecule has 5 nitrogen and oxygen atoms in total. The van der Waals surface area contributed by atoms with E-state index in [-0.39, 0.29) is 36.1 Å². The van der Waals surface area contributed by atoms with Crippen molar-refractivity contribution in [1.29, 1.82) is 0 Å². The SMILES string of the molecule is O=C(c1ccc(C(F)(F)F)cc1)N1CCOC(CN(C(=O)c2ccccc2)C2CCCC2)C1. The van der Waals surface area contributed by atoms with Gasteiger partial charge >= 0.3 is 6.18 Å². The molecule has 2 amide bonds. The number of rotatable bonds is 5. The normalized spacial score (nSPS) is 19.5. The number of amides is 2. The van der Waals surface area contributed by atoms with Crippen LogP contribution in [0.1, 0.15) is 52.0 Å². The number of nitrogens with zero attached hydrogens (tertiary/aromatic N) is 2. The molecule has 1 aliphatic carbocycles. The van der Waals surface area contributed by atoms with E-state index < -0.39 is 11.7 Å². The van der Waals surface area contributed by atoms with E-state index in [1.54, 1.807) is 17.0 Å². The van der Waals surface area contributed by atoms with Gasteiger partial charge < -0.3 is 14.5 Å². The minimum absolute atomic E-state index is 0.0442. The van der Waals surface area contributed by atoms with Crippen LogP contribution in [0.4, 0.5) is 13.2 Å². The van der Waals surface area contributed by atoms with Crippen molar-refractivity contribution in [2.24, 2.45) is 0 Å². The van der Waals surface area contributed by atoms with Crippen LogP contribution in [0.5, 0.6) is 0 Å². The molecule has 0 aromatic heterocycles. The molecule has 2 aromatic rings. The Balaban J connectivity index is 1.45. The van der Waals surface area contributed by atoms with Crippen molar-refractivity contribution in [3.05, 3.63) is 71.3 Å². The highest BCUT2D eigenvalue weighted by atomic mass is 19.4. The Morgan fingerprint density at radius 3 is 2.27 bits per heavy atom. The van der Waals surface area contributed by atoms with E-state index in [0.717, 1.165) is 37.8 Å². The summed E-state index contributed by atoms with van der Waals surface area (Å²) in [6.45, 7) is 1.32. The average molecular weight is 460 g/mol. The molecule has 2 aliphatic rings. The zero-order valence-electron chi connectivity index (χ0n) is 18.3. The molecule has 0 radical (unpaired) electrons. The fourth-order valence-corrected chi connectivity index (χ4v) is 4.58. The zero-order valence-corrected chi connectivity index (χ0v) is 18.3. The van der Waals surface area contributed by atoms with Gasteiger partial charge in [0, 0.05) is 36.8 Å². The molecule has 1 atom stereocenters. The summed E-state index contributed by atoms with van der Waals surface area (Å²) in [6, 6.07) is 13.5. The maximum atomic E-state index is 13.3. The zero-order chi connectivity index (χ0) is 23.4. The lowest BCUT2D eigenvalue weighted by atomic mass is 10.1. The quantitative estimate of drug-likeness (QED) is 0.654. The topological polar surface area (TPSA) is 49.9 Å². The monoisotopic (exact) mass is 460 g/mol. The first-order chi connectivity index (χ1) is 15.8. The molecule has 33 heavy (non-hydrogen) atoms. The van der Waals surface area contributed by atoms with E-state index in [1.165, 1.54) is 12.1 Å². The summed E-state index contributed by atoms with van der Waals surface area (Å²) in [5, 5.41) is 0. The van der Waals surface area contributed by atoms with E-state index >= 15 is 0 Å². The first-order valence-electron chi connectivity index (χ1n) is 11.3. The van der Waals surface area contributed by atoms with Gasteiger partial charge in [-0.1, -0.05) is 31.0 Å². The number of benzene rings is 2. The summed E-state index contributed by atoms with van der Waals surface area (Å²) in [5.74, 6) is -0.379. The summed E-state index contributed by atoms with van der Waals surface area (Å²) in [7, 11) is 0. The van der Waals surface area contributed by atoms with Crippen LogP contribution < -0.4 is 0 Å². The molecule has 0 spiro atoms. The van der Waals surface area contributed by atoms with Crippen molar-refractivity contribution >= 4 is 11.8 Å². The van der Waals surface area contributed by atoms with E-state index in [2.05, 4.69) is 0 Å². The van der Waals surface area contributed by atoms with E-state index in [0.29, 0.717) is 25.3 Å². The van der Waals surface area contributed by atoms with Crippen molar-refractivity contribution < 1.29 is 27.5 Å². The van der Waals surface area contributed by atoms with Crippen LogP contribution in [0, 0.1) is 0 Å². The fraction of sp³-hybridized carbons (Fsp3) is 0.440. The average Bonchev–Trinajstić information content (AvgIpc) is 3.37. The Kier molecular flexibility index (Phi) is 7.02. The Morgan fingerprint density at radius 2 is 1.64 bits per heavy atom. The number of carbonyl (C=O) groups excluding carboxylic acids is 2. The standard InChI is InChI=1S/C25H27F3N2O3/c26-25(27,28)20-12-10-19(11-13-20)23(31)29-14-15-33-22(16-29)17-30(21-8-4-5-9-21)24(32)18-6-2-1-3-7-18/h1-3,6-7,10-13,21-22H,4-5,8-9,14-17H2. The Hall–Kier alpha value is -2.87. The molecule has 0 N–H and O–H groups in total. The van der Waals surface area contributed by atoms with E-state index in [4.69, 9.17) is 4.74 Å². The van der Waals surface area contributed by atoms with Crippen LogP contribution in [0.25, 0.3) is 0 Å². The highest BCUT2D eigenvalue weighted by Crippen LogP contribution is 2.29. The molecular weight excluding hydrogens is 433 g/mol. The van der Waals surface area contributed by atoms with Crippen LogP contribution in [-0.4, -0.2) is 60.0 Å². The van der Waals surface area contributed by atoms with Gasteiger partial charge in [0.1, 0.15) is 0 Å². The van der Waals surface area contributed by atoms with Crippen LogP contribution in [0.15, 0.2) is 54.6 Å². The maximum absolute atomic E-state index is 13.3.